The average Bonchev–Trinajstić information content (AvgIpc) is 2.74. The largest absolute Gasteiger partial charge is 0.325 e. The van der Waals surface area contributed by atoms with Crippen molar-refractivity contribution in [3.8, 4) is 11.1 Å². The van der Waals surface area contributed by atoms with Gasteiger partial charge in [0.1, 0.15) is 0 Å². The lowest BCUT2D eigenvalue weighted by Gasteiger charge is -2.08. The molecule has 0 atom stereocenters. The Morgan fingerprint density at radius 1 is 1.00 bits per heavy atom. The van der Waals surface area contributed by atoms with Crippen molar-refractivity contribution in [3.63, 3.8) is 0 Å². The van der Waals surface area contributed by atoms with Gasteiger partial charge in [-0.05, 0) is 17.2 Å². The highest BCUT2D eigenvalue weighted by molar-refractivity contribution is 6.25. The van der Waals surface area contributed by atoms with E-state index in [1.807, 2.05) is 36.4 Å². The Morgan fingerprint density at radius 3 is 2.45 bits per heavy atom. The molecule has 0 heterocycles. The van der Waals surface area contributed by atoms with Crippen LogP contribution in [-0.4, -0.2) is 17.6 Å². The summed E-state index contributed by atoms with van der Waals surface area (Å²) in [5.41, 5.74) is 3.59. The zero-order valence-electron chi connectivity index (χ0n) is 10.7. The summed E-state index contributed by atoms with van der Waals surface area (Å²) in [5, 5.41) is 2.76. The van der Waals surface area contributed by atoms with Crippen molar-refractivity contribution in [2.24, 2.45) is 0 Å². The zero-order valence-corrected chi connectivity index (χ0v) is 11.4. The average molecular weight is 286 g/mol. The van der Waals surface area contributed by atoms with E-state index in [2.05, 4.69) is 5.32 Å². The number of amides is 1. The van der Waals surface area contributed by atoms with Crippen molar-refractivity contribution in [1.29, 1.82) is 0 Å². The van der Waals surface area contributed by atoms with Crippen molar-refractivity contribution in [2.75, 3.05) is 11.2 Å². The lowest BCUT2D eigenvalue weighted by Crippen LogP contribution is -2.14. The number of carbonyl (C=O) groups excluding carboxylic acids is 2. The molecule has 0 aromatic heterocycles. The van der Waals surface area contributed by atoms with Crippen LogP contribution in [0.15, 0.2) is 42.5 Å². The molecule has 2 aromatic rings. The Bertz CT molecular complexity index is 709. The normalized spacial score (nSPS) is 11.9. The van der Waals surface area contributed by atoms with E-state index in [0.29, 0.717) is 16.8 Å². The fraction of sp³-hybridized carbons (Fsp3) is 0.125. The fourth-order valence-corrected chi connectivity index (χ4v) is 2.65. The van der Waals surface area contributed by atoms with Crippen molar-refractivity contribution in [3.05, 3.63) is 53.6 Å². The summed E-state index contributed by atoms with van der Waals surface area (Å²) in [4.78, 5) is 24.2. The third kappa shape index (κ3) is 2.00. The lowest BCUT2D eigenvalue weighted by molar-refractivity contribution is -0.115. The number of alkyl halides is 1. The van der Waals surface area contributed by atoms with Crippen LogP contribution in [0.1, 0.15) is 22.3 Å². The Morgan fingerprint density at radius 2 is 1.70 bits per heavy atom. The molecule has 0 radical (unpaired) electrons. The van der Waals surface area contributed by atoms with E-state index < -0.39 is 0 Å². The van der Waals surface area contributed by atoms with Gasteiger partial charge in [-0.25, -0.2) is 0 Å². The van der Waals surface area contributed by atoms with Gasteiger partial charge in [0.15, 0.2) is 5.78 Å². The minimum atomic E-state index is -0.183. The fourth-order valence-electron chi connectivity index (χ4n) is 2.47. The van der Waals surface area contributed by atoms with E-state index >= 15 is 0 Å². The van der Waals surface area contributed by atoms with Gasteiger partial charge in [-0.3, -0.25) is 9.59 Å². The van der Waals surface area contributed by atoms with Crippen LogP contribution in [0.5, 0.6) is 0 Å². The lowest BCUT2D eigenvalue weighted by atomic mass is 10.0. The maximum Gasteiger partial charge on any atom is 0.225 e. The van der Waals surface area contributed by atoms with E-state index in [1.54, 1.807) is 6.07 Å². The van der Waals surface area contributed by atoms with E-state index in [1.165, 1.54) is 0 Å². The quantitative estimate of drug-likeness (QED) is 0.749. The second-order valence-corrected chi connectivity index (χ2v) is 4.97. The van der Waals surface area contributed by atoms with Gasteiger partial charge >= 0.3 is 0 Å². The van der Waals surface area contributed by atoms with Gasteiger partial charge in [-0.1, -0.05) is 36.4 Å². The van der Waals surface area contributed by atoms with Crippen LogP contribution < -0.4 is 5.32 Å². The Labute approximate surface area is 121 Å². The first-order valence-electron chi connectivity index (χ1n) is 6.35. The van der Waals surface area contributed by atoms with Gasteiger partial charge in [0, 0.05) is 17.9 Å². The minimum absolute atomic E-state index is 0.0441. The summed E-state index contributed by atoms with van der Waals surface area (Å²) in [6.45, 7) is 0. The number of benzene rings is 2. The third-order valence-electron chi connectivity index (χ3n) is 3.35. The molecule has 0 unspecified atom stereocenters. The van der Waals surface area contributed by atoms with Crippen molar-refractivity contribution in [1.82, 2.24) is 0 Å². The first-order chi connectivity index (χ1) is 9.72. The maximum absolute atomic E-state index is 12.5. The van der Waals surface area contributed by atoms with Gasteiger partial charge in [-0.2, -0.15) is 0 Å². The van der Waals surface area contributed by atoms with Crippen molar-refractivity contribution >= 4 is 29.0 Å². The first kappa shape index (κ1) is 12.9. The van der Waals surface area contributed by atoms with Crippen LogP contribution in [0.3, 0.4) is 0 Å². The van der Waals surface area contributed by atoms with Crippen molar-refractivity contribution in [2.45, 2.75) is 6.42 Å². The number of hydrogen-bond acceptors (Lipinski definition) is 2. The molecule has 0 aliphatic heterocycles. The van der Waals surface area contributed by atoms with Crippen molar-refractivity contribution < 1.29 is 9.59 Å². The molecule has 1 amide bonds. The molecule has 3 nitrogen and oxygen atoms in total. The smallest absolute Gasteiger partial charge is 0.225 e. The van der Waals surface area contributed by atoms with Crippen LogP contribution >= 0.6 is 11.6 Å². The highest BCUT2D eigenvalue weighted by Crippen LogP contribution is 2.39. The second kappa shape index (κ2) is 5.10. The number of fused-ring (bicyclic) bond motifs is 3. The molecule has 0 saturated carbocycles. The van der Waals surface area contributed by atoms with Crippen LogP contribution in [0, 0.1) is 0 Å². The molecular formula is C16H12ClNO2. The summed E-state index contributed by atoms with van der Waals surface area (Å²) < 4.78 is 0. The highest BCUT2D eigenvalue weighted by Gasteiger charge is 2.28. The monoisotopic (exact) mass is 285 g/mol. The number of ketones is 1. The summed E-state index contributed by atoms with van der Waals surface area (Å²) in [6, 6.07) is 13.0. The van der Waals surface area contributed by atoms with E-state index in [-0.39, 0.29) is 24.0 Å². The van der Waals surface area contributed by atoms with E-state index in [9.17, 15) is 9.59 Å². The number of carbonyl (C=O) groups is 2. The van der Waals surface area contributed by atoms with Gasteiger partial charge in [0.05, 0.1) is 11.3 Å². The topological polar surface area (TPSA) is 46.2 Å². The second-order valence-electron chi connectivity index (χ2n) is 4.59. The van der Waals surface area contributed by atoms with E-state index in [4.69, 9.17) is 11.6 Å². The number of halogens is 1. The predicted molar refractivity (Wildman–Crippen MR) is 79.3 cm³/mol. The molecule has 3 rings (SSSR count). The molecule has 100 valence electrons. The minimum Gasteiger partial charge on any atom is -0.325 e. The summed E-state index contributed by atoms with van der Waals surface area (Å²) in [6.07, 6.45) is 0.229. The van der Waals surface area contributed by atoms with E-state index in [0.717, 1.165) is 11.1 Å². The number of rotatable bonds is 3. The molecule has 1 aliphatic carbocycles. The first-order valence-corrected chi connectivity index (χ1v) is 6.88. The third-order valence-corrected chi connectivity index (χ3v) is 3.54. The molecule has 1 N–H and O–H groups in total. The summed E-state index contributed by atoms with van der Waals surface area (Å²) in [5.74, 6) is 0.0317. The zero-order chi connectivity index (χ0) is 14.1. The van der Waals surface area contributed by atoms with Crippen LogP contribution in [0.2, 0.25) is 0 Å². The molecule has 0 spiro atoms. The Balaban J connectivity index is 2.06. The molecule has 2 aromatic carbocycles. The molecular weight excluding hydrogens is 274 g/mol. The summed E-state index contributed by atoms with van der Waals surface area (Å²) >= 11 is 5.55. The Kier molecular flexibility index (Phi) is 3.28. The molecule has 0 fully saturated rings. The maximum atomic E-state index is 12.5. The molecule has 4 heteroatoms. The molecule has 0 bridgehead atoms. The number of hydrogen-bond donors (Lipinski definition) is 1. The van der Waals surface area contributed by atoms with Gasteiger partial charge in [-0.15, -0.1) is 11.6 Å². The predicted octanol–water partition coefficient (Wildman–Crippen LogP) is 3.47. The highest BCUT2D eigenvalue weighted by atomic mass is 35.5. The van der Waals surface area contributed by atoms with Gasteiger partial charge in [0.25, 0.3) is 0 Å². The van der Waals surface area contributed by atoms with Gasteiger partial charge in [0.2, 0.25) is 5.91 Å². The molecule has 20 heavy (non-hydrogen) atoms. The van der Waals surface area contributed by atoms with Crippen LogP contribution in [-0.2, 0) is 4.79 Å². The van der Waals surface area contributed by atoms with Crippen LogP contribution in [0.25, 0.3) is 11.1 Å². The number of nitrogens with one attached hydrogen (secondary N) is 1. The number of anilines is 1. The Hall–Kier alpha value is -2.13. The molecule has 0 saturated heterocycles. The standard InChI is InChI=1S/C16H12ClNO2/c17-9-8-14(19)18-13-7-3-6-11-10-4-1-2-5-12(10)16(20)15(11)13/h1-7H,8-9H2,(H,18,19). The summed E-state index contributed by atoms with van der Waals surface area (Å²) in [7, 11) is 0. The molecule has 1 aliphatic rings. The van der Waals surface area contributed by atoms with Crippen LogP contribution in [0.4, 0.5) is 5.69 Å². The van der Waals surface area contributed by atoms with Gasteiger partial charge < -0.3 is 5.32 Å². The SMILES string of the molecule is O=C(CCCl)Nc1cccc2c1C(=O)c1ccccc1-2.